The van der Waals surface area contributed by atoms with Gasteiger partial charge in [0.25, 0.3) is 0 Å². The summed E-state index contributed by atoms with van der Waals surface area (Å²) >= 11 is 0. The highest BCUT2D eigenvalue weighted by atomic mass is 19.2. The van der Waals surface area contributed by atoms with Crippen molar-refractivity contribution in [3.63, 3.8) is 0 Å². The summed E-state index contributed by atoms with van der Waals surface area (Å²) in [6, 6.07) is 46.8. The van der Waals surface area contributed by atoms with Gasteiger partial charge in [0.15, 0.2) is 23.3 Å². The summed E-state index contributed by atoms with van der Waals surface area (Å²) in [7, 11) is 0. The number of hydrogen-bond acceptors (Lipinski definition) is 4. The van der Waals surface area contributed by atoms with Crippen molar-refractivity contribution in [2.24, 2.45) is 0 Å². The first kappa shape index (κ1) is 42.5. The topological polar surface area (TPSA) is 33.5 Å². The smallest absolute Gasteiger partial charge is 0.200 e. The number of halogens is 5. The molecule has 5 nitrogen and oxygen atoms in total. The van der Waals surface area contributed by atoms with Gasteiger partial charge >= 0.3 is 0 Å². The van der Waals surface area contributed by atoms with Gasteiger partial charge in [0, 0.05) is 40.4 Å². The van der Waals surface area contributed by atoms with Gasteiger partial charge < -0.3 is 14.5 Å². The highest BCUT2D eigenvalue weighted by Crippen LogP contribution is 2.52. The molecule has 10 heteroatoms. The van der Waals surface area contributed by atoms with Crippen LogP contribution in [0.1, 0.15) is 52.7 Å². The van der Waals surface area contributed by atoms with Gasteiger partial charge in [-0.25, -0.2) is 26.9 Å². The van der Waals surface area contributed by atoms with E-state index in [0.29, 0.717) is 28.4 Å². The summed E-state index contributed by atoms with van der Waals surface area (Å²) in [5.74, 6) is -8.05. The molecule has 0 aliphatic carbocycles. The molecule has 9 aromatic rings. The van der Waals surface area contributed by atoms with E-state index in [0.717, 1.165) is 55.7 Å². The predicted octanol–water partition coefficient (Wildman–Crippen LogP) is 15.8. The molecule has 1 aliphatic heterocycles. The number of para-hydroxylation sites is 4. The maximum Gasteiger partial charge on any atom is 0.200 e. The van der Waals surface area contributed by atoms with E-state index in [1.807, 2.05) is 129 Å². The average Bonchev–Trinajstić information content (AvgIpc) is 3.86. The van der Waals surface area contributed by atoms with Crippen molar-refractivity contribution in [2.45, 2.75) is 52.4 Å². The third kappa shape index (κ3) is 7.21. The van der Waals surface area contributed by atoms with Gasteiger partial charge in [-0.05, 0) is 87.7 Å². The van der Waals surface area contributed by atoms with Crippen LogP contribution in [0.15, 0.2) is 152 Å². The summed E-state index contributed by atoms with van der Waals surface area (Å²) in [4.78, 5) is 8.79. The first-order chi connectivity index (χ1) is 31.6. The van der Waals surface area contributed by atoms with E-state index >= 15 is 8.78 Å². The van der Waals surface area contributed by atoms with Crippen LogP contribution in [0.3, 0.4) is 0 Å². The van der Waals surface area contributed by atoms with E-state index in [1.165, 1.54) is 6.07 Å². The molecule has 0 unspecified atom stereocenters. The van der Waals surface area contributed by atoms with Crippen LogP contribution in [0, 0.1) is 29.1 Å². The third-order valence-corrected chi connectivity index (χ3v) is 12.4. The molecule has 0 bridgehead atoms. The van der Waals surface area contributed by atoms with Crippen LogP contribution in [0.2, 0.25) is 0 Å². The highest BCUT2D eigenvalue weighted by molar-refractivity contribution is 6.09. The van der Waals surface area contributed by atoms with Gasteiger partial charge in [0.05, 0.1) is 33.7 Å². The SMILES string of the molecule is CC(C)(C)c1ccnc(-n2c3ccccc3c3ccc(Oc4cc(-c5ccccc5)cc(N5CN(c6c(-c7c(F)c(F)c(F)c(F)c7F)cccc6C(C)(C)C)c6ccccc65)c4)cc32)c1. The Morgan fingerprint density at radius 2 is 1.17 bits per heavy atom. The Hall–Kier alpha value is -7.46. The number of benzene rings is 7. The number of anilines is 4. The lowest BCUT2D eigenvalue weighted by atomic mass is 9.83. The Morgan fingerprint density at radius 1 is 0.515 bits per heavy atom. The van der Waals surface area contributed by atoms with Gasteiger partial charge in [0.1, 0.15) is 24.0 Å². The molecule has 66 heavy (non-hydrogen) atoms. The normalized spacial score (nSPS) is 13.0. The average molecular weight is 885 g/mol. The number of hydrogen-bond donors (Lipinski definition) is 0. The van der Waals surface area contributed by atoms with Crippen molar-refractivity contribution in [2.75, 3.05) is 16.5 Å². The van der Waals surface area contributed by atoms with E-state index in [9.17, 15) is 13.2 Å². The van der Waals surface area contributed by atoms with Crippen molar-refractivity contribution >= 4 is 44.6 Å². The summed E-state index contributed by atoms with van der Waals surface area (Å²) in [5.41, 5.74) is 6.25. The van der Waals surface area contributed by atoms with Crippen LogP contribution in [0.5, 0.6) is 11.5 Å². The molecule has 1 aliphatic rings. The number of pyridine rings is 1. The largest absolute Gasteiger partial charge is 0.457 e. The van der Waals surface area contributed by atoms with E-state index < -0.39 is 40.1 Å². The lowest BCUT2D eigenvalue weighted by Crippen LogP contribution is -2.27. The maximum atomic E-state index is 15.8. The van der Waals surface area contributed by atoms with Gasteiger partial charge in [-0.1, -0.05) is 120 Å². The van der Waals surface area contributed by atoms with E-state index in [-0.39, 0.29) is 17.6 Å². The van der Waals surface area contributed by atoms with Crippen LogP contribution < -0.4 is 14.5 Å². The van der Waals surface area contributed by atoms with Gasteiger partial charge in [-0.15, -0.1) is 0 Å². The molecule has 0 spiro atoms. The Labute approximate surface area is 380 Å². The molecule has 10 rings (SSSR count). The van der Waals surface area contributed by atoms with Crippen LogP contribution in [-0.4, -0.2) is 16.2 Å². The highest BCUT2D eigenvalue weighted by Gasteiger charge is 2.36. The minimum atomic E-state index is -2.21. The molecule has 7 aromatic carbocycles. The zero-order valence-corrected chi connectivity index (χ0v) is 37.2. The molecule has 330 valence electrons. The van der Waals surface area contributed by atoms with Gasteiger partial charge in [-0.2, -0.15) is 0 Å². The van der Waals surface area contributed by atoms with E-state index in [1.54, 1.807) is 6.07 Å². The summed E-state index contributed by atoms with van der Waals surface area (Å²) in [6.07, 6.45) is 1.85. The zero-order chi connectivity index (χ0) is 46.2. The quantitative estimate of drug-likeness (QED) is 0.0907. The Bertz CT molecular complexity index is 3340. The molecule has 0 fully saturated rings. The molecule has 0 N–H and O–H groups in total. The molecule has 0 atom stereocenters. The van der Waals surface area contributed by atoms with Crippen molar-refractivity contribution in [1.29, 1.82) is 0 Å². The van der Waals surface area contributed by atoms with Crippen LogP contribution in [0.25, 0.3) is 49.9 Å². The Balaban J connectivity index is 1.12. The van der Waals surface area contributed by atoms with Gasteiger partial charge in [0.2, 0.25) is 5.82 Å². The van der Waals surface area contributed by atoms with Crippen molar-refractivity contribution < 1.29 is 26.7 Å². The van der Waals surface area contributed by atoms with Crippen LogP contribution in [0.4, 0.5) is 44.7 Å². The van der Waals surface area contributed by atoms with Crippen molar-refractivity contribution in [1.82, 2.24) is 9.55 Å². The molecule has 0 radical (unpaired) electrons. The van der Waals surface area contributed by atoms with Crippen molar-refractivity contribution in [3.05, 3.63) is 192 Å². The van der Waals surface area contributed by atoms with E-state index in [4.69, 9.17) is 9.72 Å². The molecule has 3 heterocycles. The fraction of sp³-hybridized carbons (Fsp3) is 0.161. The van der Waals surface area contributed by atoms with Crippen LogP contribution in [-0.2, 0) is 10.8 Å². The minimum Gasteiger partial charge on any atom is -0.457 e. The maximum absolute atomic E-state index is 15.8. The number of fused-ring (bicyclic) bond motifs is 4. The third-order valence-electron chi connectivity index (χ3n) is 12.4. The first-order valence-corrected chi connectivity index (χ1v) is 21.8. The second-order valence-electron chi connectivity index (χ2n) is 18.8. The number of ether oxygens (including phenoxy) is 1. The number of rotatable bonds is 7. The van der Waals surface area contributed by atoms with Gasteiger partial charge in [-0.3, -0.25) is 4.57 Å². The number of nitrogens with zero attached hydrogens (tertiary/aromatic N) is 4. The molecular weight excluding hydrogens is 840 g/mol. The summed E-state index contributed by atoms with van der Waals surface area (Å²) < 4.78 is 84.8. The standard InChI is InChI=1S/C56H45F5N4O/c1-55(2,3)35-25-26-62-47(29-35)65-43-20-11-10-17-39(43)40-24-23-37(31-46(40)65)66-38-28-34(33-15-8-7-9-16-33)27-36(30-38)63-32-64(45-22-13-12-21-44(45)63)54-41(18-14-19-42(54)56(4,5)6)48-49(57)51(59)53(61)52(60)50(48)58/h7-31H,32H2,1-6H3. The second kappa shape index (κ2) is 15.9. The predicted molar refractivity (Wildman–Crippen MR) is 255 cm³/mol. The summed E-state index contributed by atoms with van der Waals surface area (Å²) in [6.45, 7) is 12.5. The van der Waals surface area contributed by atoms with Crippen LogP contribution >= 0.6 is 0 Å². The number of aromatic nitrogens is 2. The lowest BCUT2D eigenvalue weighted by Gasteiger charge is -2.32. The zero-order valence-electron chi connectivity index (χ0n) is 37.2. The fourth-order valence-electron chi connectivity index (χ4n) is 9.11. The Morgan fingerprint density at radius 3 is 1.88 bits per heavy atom. The monoisotopic (exact) mass is 884 g/mol. The molecule has 2 aromatic heterocycles. The molecule has 0 amide bonds. The summed E-state index contributed by atoms with van der Waals surface area (Å²) in [5, 5.41) is 2.14. The van der Waals surface area contributed by atoms with Crippen molar-refractivity contribution in [3.8, 4) is 39.6 Å². The fourth-order valence-corrected chi connectivity index (χ4v) is 9.11. The van der Waals surface area contributed by atoms with E-state index in [2.05, 4.69) is 66.6 Å². The minimum absolute atomic E-state index is 0.0887. The molecular formula is C56H45F5N4O. The lowest BCUT2D eigenvalue weighted by molar-refractivity contribution is 0.381. The molecule has 0 saturated carbocycles. The molecule has 0 saturated heterocycles. The first-order valence-electron chi connectivity index (χ1n) is 21.8. The second-order valence-corrected chi connectivity index (χ2v) is 18.8. The Kier molecular flexibility index (Phi) is 10.2.